The van der Waals surface area contributed by atoms with Gasteiger partial charge in [0.25, 0.3) is 5.91 Å². The third-order valence-corrected chi connectivity index (χ3v) is 6.84. The van der Waals surface area contributed by atoms with Crippen molar-refractivity contribution in [2.45, 2.75) is 43.4 Å². The molecule has 150 valence electrons. The largest absolute Gasteiger partial charge is 0.492 e. The summed E-state index contributed by atoms with van der Waals surface area (Å²) >= 11 is 0. The zero-order valence-electron chi connectivity index (χ0n) is 15.7. The summed E-state index contributed by atoms with van der Waals surface area (Å²) in [6.45, 7) is 3.13. The summed E-state index contributed by atoms with van der Waals surface area (Å²) in [7, 11) is -3.69. The van der Waals surface area contributed by atoms with Crippen molar-refractivity contribution in [2.24, 2.45) is 0 Å². The number of hydrogen-bond acceptors (Lipinski definition) is 6. The average molecular weight is 405 g/mol. The number of hydrogen-bond donors (Lipinski definition) is 1. The number of benzene rings is 1. The van der Waals surface area contributed by atoms with Gasteiger partial charge < -0.3 is 14.6 Å². The number of ether oxygens (including phenoxy) is 1. The number of nitrogens with zero attached hydrogens (tertiary/aromatic N) is 2. The van der Waals surface area contributed by atoms with Gasteiger partial charge >= 0.3 is 0 Å². The zero-order valence-corrected chi connectivity index (χ0v) is 16.5. The molecule has 1 aromatic carbocycles. The second kappa shape index (κ2) is 7.56. The molecule has 1 aromatic heterocycles. The van der Waals surface area contributed by atoms with Crippen LogP contribution >= 0.6 is 0 Å². The first-order chi connectivity index (χ1) is 13.5. The van der Waals surface area contributed by atoms with Crippen molar-refractivity contribution in [3.63, 3.8) is 0 Å². The minimum Gasteiger partial charge on any atom is -0.492 e. The fourth-order valence-corrected chi connectivity index (χ4v) is 4.96. The highest BCUT2D eigenvalue weighted by atomic mass is 32.2. The molecule has 1 saturated heterocycles. The number of carbonyl (C=O) groups is 1. The lowest BCUT2D eigenvalue weighted by Crippen LogP contribution is -2.28. The summed E-state index contributed by atoms with van der Waals surface area (Å²) in [6.07, 6.45) is 3.78. The molecule has 1 amide bonds. The van der Waals surface area contributed by atoms with Crippen LogP contribution in [0, 0.1) is 0 Å². The Morgan fingerprint density at radius 1 is 1.29 bits per heavy atom. The van der Waals surface area contributed by atoms with Crippen LogP contribution in [-0.2, 0) is 10.0 Å². The second-order valence-corrected chi connectivity index (χ2v) is 8.95. The first-order valence-electron chi connectivity index (χ1n) is 9.54. The van der Waals surface area contributed by atoms with Crippen LogP contribution in [0.5, 0.6) is 5.75 Å². The number of amides is 1. The Morgan fingerprint density at radius 3 is 2.71 bits per heavy atom. The summed E-state index contributed by atoms with van der Waals surface area (Å²) < 4.78 is 38.2. The van der Waals surface area contributed by atoms with Gasteiger partial charge in [-0.1, -0.05) is 5.16 Å². The molecule has 8 nitrogen and oxygen atoms in total. The third kappa shape index (κ3) is 3.77. The summed E-state index contributed by atoms with van der Waals surface area (Å²) in [6, 6.07) is 6.27. The SMILES string of the molecule is CCOc1ccc(NC(=O)c2cc(C3CC3)on2)cc1S(=O)(=O)N1CCCC1. The number of rotatable bonds is 7. The van der Waals surface area contributed by atoms with Crippen LogP contribution in [0.1, 0.15) is 54.8 Å². The van der Waals surface area contributed by atoms with Gasteiger partial charge in [0.2, 0.25) is 10.0 Å². The lowest BCUT2D eigenvalue weighted by atomic mass is 10.2. The molecule has 0 radical (unpaired) electrons. The van der Waals surface area contributed by atoms with Crippen molar-refractivity contribution in [2.75, 3.05) is 25.0 Å². The molecule has 2 fully saturated rings. The molecule has 1 N–H and O–H groups in total. The van der Waals surface area contributed by atoms with Crippen LogP contribution in [-0.4, -0.2) is 43.5 Å². The Kier molecular flexibility index (Phi) is 5.11. The van der Waals surface area contributed by atoms with Gasteiger partial charge in [-0.05, 0) is 50.8 Å². The highest BCUT2D eigenvalue weighted by Gasteiger charge is 2.31. The van der Waals surface area contributed by atoms with E-state index in [2.05, 4.69) is 10.5 Å². The number of sulfonamides is 1. The second-order valence-electron chi connectivity index (χ2n) is 7.05. The molecule has 0 bridgehead atoms. The Balaban J connectivity index is 1.59. The molecular weight excluding hydrogens is 382 g/mol. The van der Waals surface area contributed by atoms with E-state index in [4.69, 9.17) is 9.26 Å². The lowest BCUT2D eigenvalue weighted by molar-refractivity contribution is 0.101. The summed E-state index contributed by atoms with van der Waals surface area (Å²) in [5, 5.41) is 6.52. The van der Waals surface area contributed by atoms with Crippen LogP contribution in [0.15, 0.2) is 33.7 Å². The summed E-state index contributed by atoms with van der Waals surface area (Å²) in [5.41, 5.74) is 0.543. The normalized spacial score (nSPS) is 17.6. The van der Waals surface area contributed by atoms with Crippen molar-refractivity contribution < 1.29 is 22.5 Å². The van der Waals surface area contributed by atoms with Crippen molar-refractivity contribution in [3.8, 4) is 5.75 Å². The number of carbonyl (C=O) groups excluding carboxylic acids is 1. The Hall–Kier alpha value is -2.39. The lowest BCUT2D eigenvalue weighted by Gasteiger charge is -2.19. The van der Waals surface area contributed by atoms with Crippen molar-refractivity contribution in [1.29, 1.82) is 0 Å². The molecule has 1 aliphatic heterocycles. The minimum absolute atomic E-state index is 0.0628. The van der Waals surface area contributed by atoms with Crippen LogP contribution in [0.2, 0.25) is 0 Å². The van der Waals surface area contributed by atoms with Gasteiger partial charge in [-0.3, -0.25) is 4.79 Å². The molecule has 4 rings (SSSR count). The molecule has 1 saturated carbocycles. The number of nitrogens with one attached hydrogen (secondary N) is 1. The molecule has 0 unspecified atom stereocenters. The molecule has 1 aliphatic carbocycles. The van der Waals surface area contributed by atoms with E-state index in [0.29, 0.717) is 37.1 Å². The van der Waals surface area contributed by atoms with Crippen molar-refractivity contribution in [1.82, 2.24) is 9.46 Å². The van der Waals surface area contributed by atoms with Crippen LogP contribution < -0.4 is 10.1 Å². The standard InChI is InChI=1S/C19H23N3O5S/c1-2-26-16-8-7-14(11-18(16)28(24,25)22-9-3-4-10-22)20-19(23)15-12-17(27-21-15)13-5-6-13/h7-8,11-13H,2-6,9-10H2,1H3,(H,20,23). The van der Waals surface area contributed by atoms with Gasteiger partial charge in [-0.2, -0.15) is 4.31 Å². The number of aromatic nitrogens is 1. The molecular formula is C19H23N3O5S. The smallest absolute Gasteiger partial charge is 0.277 e. The molecule has 2 aromatic rings. The zero-order chi connectivity index (χ0) is 19.7. The molecule has 0 atom stereocenters. The summed E-state index contributed by atoms with van der Waals surface area (Å²) in [5.74, 6) is 0.917. The highest BCUT2D eigenvalue weighted by molar-refractivity contribution is 7.89. The van der Waals surface area contributed by atoms with Crippen molar-refractivity contribution in [3.05, 3.63) is 35.7 Å². The maximum Gasteiger partial charge on any atom is 0.277 e. The Morgan fingerprint density at radius 2 is 2.04 bits per heavy atom. The van der Waals surface area contributed by atoms with Gasteiger partial charge in [0.15, 0.2) is 5.69 Å². The average Bonchev–Trinajstić information content (AvgIpc) is 3.18. The molecule has 2 heterocycles. The van der Waals surface area contributed by atoms with Crippen LogP contribution in [0.4, 0.5) is 5.69 Å². The third-order valence-electron chi connectivity index (χ3n) is 4.93. The topological polar surface area (TPSA) is 102 Å². The summed E-state index contributed by atoms with van der Waals surface area (Å²) in [4.78, 5) is 12.5. The van der Waals surface area contributed by atoms with E-state index < -0.39 is 15.9 Å². The van der Waals surface area contributed by atoms with Gasteiger partial charge in [0, 0.05) is 30.8 Å². The predicted molar refractivity (Wildman–Crippen MR) is 102 cm³/mol. The predicted octanol–water partition coefficient (Wildman–Crippen LogP) is 2.99. The van der Waals surface area contributed by atoms with E-state index in [1.165, 1.54) is 10.4 Å². The van der Waals surface area contributed by atoms with Gasteiger partial charge in [-0.25, -0.2) is 8.42 Å². The van der Waals surface area contributed by atoms with Crippen LogP contribution in [0.25, 0.3) is 0 Å². The maximum atomic E-state index is 13.0. The minimum atomic E-state index is -3.69. The van der Waals surface area contributed by atoms with Crippen molar-refractivity contribution >= 4 is 21.6 Å². The first-order valence-corrected chi connectivity index (χ1v) is 11.0. The molecule has 0 spiro atoms. The van der Waals surface area contributed by atoms with Crippen LogP contribution in [0.3, 0.4) is 0 Å². The van der Waals surface area contributed by atoms with E-state index in [0.717, 1.165) is 25.7 Å². The first kappa shape index (κ1) is 18.9. The Labute approximate surface area is 163 Å². The number of anilines is 1. The van der Waals surface area contributed by atoms with E-state index in [9.17, 15) is 13.2 Å². The maximum absolute atomic E-state index is 13.0. The molecule has 9 heteroatoms. The van der Waals surface area contributed by atoms with E-state index in [1.807, 2.05) is 0 Å². The van der Waals surface area contributed by atoms with E-state index in [1.54, 1.807) is 25.1 Å². The fraction of sp³-hybridized carbons (Fsp3) is 0.474. The fourth-order valence-electron chi connectivity index (χ4n) is 3.28. The van der Waals surface area contributed by atoms with Gasteiger partial charge in [0.05, 0.1) is 6.61 Å². The highest BCUT2D eigenvalue weighted by Crippen LogP contribution is 2.40. The van der Waals surface area contributed by atoms with E-state index in [-0.39, 0.29) is 16.3 Å². The molecule has 2 aliphatic rings. The monoisotopic (exact) mass is 405 g/mol. The van der Waals surface area contributed by atoms with Gasteiger partial charge in [0.1, 0.15) is 16.4 Å². The van der Waals surface area contributed by atoms with E-state index >= 15 is 0 Å². The molecule has 28 heavy (non-hydrogen) atoms. The van der Waals surface area contributed by atoms with Gasteiger partial charge in [-0.15, -0.1) is 0 Å². The quantitative estimate of drug-likeness (QED) is 0.760. The Bertz CT molecular complexity index is 975.